The molecule has 6 amide bonds. The smallest absolute Gasteiger partial charge is 0.322 e. The van der Waals surface area contributed by atoms with Gasteiger partial charge in [-0.25, -0.2) is 0 Å². The Morgan fingerprint density at radius 1 is 0.750 bits per heavy atom. The molecule has 0 aromatic heterocycles. The van der Waals surface area contributed by atoms with E-state index in [1.807, 2.05) is 0 Å². The number of rotatable bonds is 19. The van der Waals surface area contributed by atoms with Crippen molar-refractivity contribution in [2.24, 2.45) is 27.9 Å². The molecule has 0 bridgehead atoms. The molecule has 40 heavy (non-hydrogen) atoms. The second-order valence-corrected chi connectivity index (χ2v) is 8.89. The first-order chi connectivity index (χ1) is 18.7. The number of thiol groups is 2. The predicted molar refractivity (Wildman–Crippen MR) is 149 cm³/mol. The molecule has 0 aromatic carbocycles. The van der Waals surface area contributed by atoms with Gasteiger partial charge in [0.1, 0.15) is 24.7 Å². The summed E-state index contributed by atoms with van der Waals surface area (Å²) in [6, 6.07) is -4.96. The minimum atomic E-state index is -1.43. The molecule has 0 saturated heterocycles. The molecule has 0 spiro atoms. The van der Waals surface area contributed by atoms with Crippen LogP contribution in [0.4, 0.5) is 0 Å². The van der Waals surface area contributed by atoms with Crippen LogP contribution in [-0.4, -0.2) is 108 Å². The molecule has 4 atom stereocenters. The third-order valence-electron chi connectivity index (χ3n) is 4.82. The molecule has 0 heterocycles. The predicted octanol–water partition coefficient (Wildman–Crippen LogP) is -6.13. The van der Waals surface area contributed by atoms with E-state index in [-0.39, 0.29) is 36.9 Å². The van der Waals surface area contributed by atoms with Gasteiger partial charge in [-0.1, -0.05) is 0 Å². The number of nitrogens with zero attached hydrogens (tertiary/aromatic N) is 1. The van der Waals surface area contributed by atoms with Gasteiger partial charge in [-0.2, -0.15) is 25.3 Å². The van der Waals surface area contributed by atoms with Crippen molar-refractivity contribution < 1.29 is 38.7 Å². The topological polar surface area (TPSA) is 316 Å². The van der Waals surface area contributed by atoms with Crippen LogP contribution < -0.4 is 49.5 Å². The van der Waals surface area contributed by atoms with E-state index in [0.29, 0.717) is 0 Å². The highest BCUT2D eigenvalue weighted by Crippen LogP contribution is 2.01. The minimum Gasteiger partial charge on any atom is -0.480 e. The summed E-state index contributed by atoms with van der Waals surface area (Å²) in [5.41, 5.74) is 21.2. The number of nitrogens with one attached hydrogen (secondary N) is 5. The highest BCUT2D eigenvalue weighted by atomic mass is 32.1. The maximum atomic E-state index is 12.9. The van der Waals surface area contributed by atoms with Crippen LogP contribution in [0.5, 0.6) is 0 Å². The maximum absolute atomic E-state index is 12.9. The molecule has 0 radical (unpaired) electrons. The van der Waals surface area contributed by atoms with E-state index < -0.39 is 85.1 Å². The van der Waals surface area contributed by atoms with Crippen LogP contribution in [0.2, 0.25) is 0 Å². The van der Waals surface area contributed by atoms with Gasteiger partial charge in [-0.15, -0.1) is 0 Å². The van der Waals surface area contributed by atoms with Gasteiger partial charge in [0, 0.05) is 18.1 Å². The summed E-state index contributed by atoms with van der Waals surface area (Å²) in [7, 11) is 0. The number of aliphatic carboxylic acids is 1. The molecule has 3 unspecified atom stereocenters. The zero-order chi connectivity index (χ0) is 30.8. The number of carboxylic acid groups (broad SMARTS) is 1. The fourth-order valence-electron chi connectivity index (χ4n) is 2.83. The molecular formula is C20H36N10O8S2. The molecule has 0 aliphatic heterocycles. The summed E-state index contributed by atoms with van der Waals surface area (Å²) in [4.78, 5) is 87.9. The van der Waals surface area contributed by atoms with Gasteiger partial charge in [-0.3, -0.25) is 38.6 Å². The van der Waals surface area contributed by atoms with Crippen molar-refractivity contribution in [3.63, 3.8) is 0 Å². The molecule has 0 aliphatic carbocycles. The van der Waals surface area contributed by atoms with Gasteiger partial charge in [0.05, 0.1) is 19.0 Å². The van der Waals surface area contributed by atoms with Crippen molar-refractivity contribution in [2.45, 2.75) is 43.4 Å². The number of carbonyl (C=O) groups is 7. The average molecular weight is 609 g/mol. The third kappa shape index (κ3) is 15.6. The van der Waals surface area contributed by atoms with Crippen molar-refractivity contribution in [2.75, 3.05) is 31.1 Å². The number of amides is 6. The van der Waals surface area contributed by atoms with E-state index in [1.165, 1.54) is 0 Å². The quantitative estimate of drug-likeness (QED) is 0.0283. The molecule has 0 aromatic rings. The Labute approximate surface area is 240 Å². The summed E-state index contributed by atoms with van der Waals surface area (Å²) in [6.07, 6.45) is -0.360. The molecule has 18 nitrogen and oxygen atoms in total. The molecule has 0 saturated carbocycles. The van der Waals surface area contributed by atoms with Crippen LogP contribution >= 0.6 is 25.3 Å². The van der Waals surface area contributed by atoms with Crippen LogP contribution in [0.25, 0.3) is 0 Å². The van der Waals surface area contributed by atoms with Gasteiger partial charge in [-0.05, 0) is 12.8 Å². The molecule has 226 valence electrons. The molecular weight excluding hydrogens is 572 g/mol. The lowest BCUT2D eigenvalue weighted by molar-refractivity contribution is -0.138. The molecule has 0 fully saturated rings. The summed E-state index contributed by atoms with van der Waals surface area (Å²) in [6.45, 7) is -1.25. The average Bonchev–Trinajstić information content (AvgIpc) is 2.88. The number of carbonyl (C=O) groups excluding carboxylic acids is 6. The van der Waals surface area contributed by atoms with Crippen molar-refractivity contribution >= 4 is 72.6 Å². The Kier molecular flexibility index (Phi) is 17.5. The van der Waals surface area contributed by atoms with Gasteiger partial charge in [0.25, 0.3) is 0 Å². The number of hydrogen-bond donors (Lipinski definition) is 12. The van der Waals surface area contributed by atoms with Crippen molar-refractivity contribution in [1.82, 2.24) is 26.6 Å². The van der Waals surface area contributed by atoms with E-state index in [4.69, 9.17) is 28.0 Å². The maximum Gasteiger partial charge on any atom is 0.322 e. The van der Waals surface area contributed by atoms with E-state index in [9.17, 15) is 33.6 Å². The molecule has 0 aliphatic rings. The Morgan fingerprint density at radius 3 is 1.85 bits per heavy atom. The number of hydrogen-bond acceptors (Lipinski definition) is 11. The lowest BCUT2D eigenvalue weighted by Gasteiger charge is -2.22. The summed E-state index contributed by atoms with van der Waals surface area (Å²) < 4.78 is 0. The fraction of sp³-hybridized carbons (Fsp3) is 0.600. The number of nitrogens with two attached hydrogens (primary N) is 4. The summed E-state index contributed by atoms with van der Waals surface area (Å²) >= 11 is 7.86. The van der Waals surface area contributed by atoms with Gasteiger partial charge < -0.3 is 54.6 Å². The molecule has 14 N–H and O–H groups in total. The van der Waals surface area contributed by atoms with Crippen LogP contribution in [0.15, 0.2) is 4.99 Å². The van der Waals surface area contributed by atoms with Crippen LogP contribution in [0, 0.1) is 0 Å². The molecule has 20 heteroatoms. The second kappa shape index (κ2) is 19.3. The zero-order valence-electron chi connectivity index (χ0n) is 21.4. The van der Waals surface area contributed by atoms with Crippen LogP contribution in [-0.2, 0) is 33.6 Å². The van der Waals surface area contributed by atoms with Gasteiger partial charge in [0.15, 0.2) is 5.96 Å². The Hall–Kier alpha value is -3.78. The van der Waals surface area contributed by atoms with E-state index >= 15 is 0 Å². The molecule has 0 rings (SSSR count). The highest BCUT2D eigenvalue weighted by Gasteiger charge is 2.28. The largest absolute Gasteiger partial charge is 0.480 e. The Balaban J connectivity index is 5.37. The van der Waals surface area contributed by atoms with Crippen LogP contribution in [0.1, 0.15) is 19.3 Å². The van der Waals surface area contributed by atoms with E-state index in [2.05, 4.69) is 56.8 Å². The summed E-state index contributed by atoms with van der Waals surface area (Å²) in [5.74, 6) is -6.79. The highest BCUT2D eigenvalue weighted by molar-refractivity contribution is 7.80. The first-order valence-corrected chi connectivity index (χ1v) is 13.0. The first kappa shape index (κ1) is 36.2. The Morgan fingerprint density at radius 2 is 1.32 bits per heavy atom. The van der Waals surface area contributed by atoms with Crippen molar-refractivity contribution in [3.8, 4) is 0 Å². The number of aliphatic imine (C=N–C) groups is 1. The second-order valence-electron chi connectivity index (χ2n) is 8.16. The first-order valence-electron chi connectivity index (χ1n) is 11.7. The third-order valence-corrected chi connectivity index (χ3v) is 5.58. The minimum absolute atomic E-state index is 0.000308. The van der Waals surface area contributed by atoms with E-state index in [0.717, 1.165) is 0 Å². The number of carboxylic acids is 1. The SMILES string of the molecule is NC(=O)CC(NC(=O)C(N)CS)C(=O)NCC(=O)NC(CCCN=C(N)N)C(=O)N[C@@H](CS)C(=O)NCC(=O)O. The number of guanidine groups is 1. The van der Waals surface area contributed by atoms with Crippen molar-refractivity contribution in [3.05, 3.63) is 0 Å². The summed E-state index contributed by atoms with van der Waals surface area (Å²) in [5, 5.41) is 20.0. The van der Waals surface area contributed by atoms with Gasteiger partial charge in [0.2, 0.25) is 35.4 Å². The van der Waals surface area contributed by atoms with Gasteiger partial charge >= 0.3 is 5.97 Å². The standard InChI is InChI=1S/C20H36N10O8S2/c21-9(7-39)16(35)29-11(4-13(22)31)17(36)26-5-14(32)28-10(2-1-3-25-20(23)24)19(38)30-12(8-40)18(37)27-6-15(33)34/h9-12,39-40H,1-8,21H2,(H2,22,31)(H,26,36)(H,27,37)(H,28,32)(H,29,35)(H,30,38)(H,33,34)(H4,23,24,25)/t9?,10?,11?,12-/m0/s1. The van der Waals surface area contributed by atoms with Crippen molar-refractivity contribution in [1.29, 1.82) is 0 Å². The lowest BCUT2D eigenvalue weighted by atomic mass is 10.1. The number of primary amides is 1. The Bertz CT molecular complexity index is 964. The normalized spacial score (nSPS) is 13.4. The van der Waals surface area contributed by atoms with Crippen LogP contribution in [0.3, 0.4) is 0 Å². The zero-order valence-corrected chi connectivity index (χ0v) is 23.2. The monoisotopic (exact) mass is 608 g/mol. The fourth-order valence-corrected chi connectivity index (χ4v) is 3.26. The lowest BCUT2D eigenvalue weighted by Crippen LogP contribution is -2.57. The van der Waals surface area contributed by atoms with E-state index in [1.54, 1.807) is 0 Å².